The Labute approximate surface area is 86.2 Å². The second-order valence-corrected chi connectivity index (χ2v) is 3.15. The normalized spacial score (nSPS) is 10.1. The van der Waals surface area contributed by atoms with Crippen molar-refractivity contribution in [2.75, 3.05) is 26.3 Å². The van der Waals surface area contributed by atoms with E-state index in [2.05, 4.69) is 5.32 Å². The van der Waals surface area contributed by atoms with Gasteiger partial charge < -0.3 is 15.8 Å². The summed E-state index contributed by atoms with van der Waals surface area (Å²) in [5.41, 5.74) is 5.35. The van der Waals surface area contributed by atoms with Crippen molar-refractivity contribution in [1.29, 1.82) is 0 Å². The molecule has 0 fully saturated rings. The van der Waals surface area contributed by atoms with E-state index in [0.29, 0.717) is 19.6 Å². The third-order valence-corrected chi connectivity index (χ3v) is 1.88. The lowest BCUT2D eigenvalue weighted by Crippen LogP contribution is -2.25. The molecule has 0 aliphatic carbocycles. The van der Waals surface area contributed by atoms with Crippen LogP contribution >= 0.6 is 0 Å². The smallest absolute Gasteiger partial charge is 0.222 e. The number of hydrogen-bond acceptors (Lipinski definition) is 3. The second-order valence-electron chi connectivity index (χ2n) is 3.15. The van der Waals surface area contributed by atoms with Crippen molar-refractivity contribution >= 4 is 5.91 Å². The summed E-state index contributed by atoms with van der Waals surface area (Å²) in [5.74, 6) is 0.0752. The van der Waals surface area contributed by atoms with E-state index in [9.17, 15) is 4.79 Å². The van der Waals surface area contributed by atoms with Crippen molar-refractivity contribution in [1.82, 2.24) is 5.32 Å². The van der Waals surface area contributed by atoms with E-state index in [1.807, 2.05) is 6.92 Å². The van der Waals surface area contributed by atoms with E-state index < -0.39 is 0 Å². The molecule has 0 saturated carbocycles. The molecule has 0 unspecified atom stereocenters. The van der Waals surface area contributed by atoms with Crippen LogP contribution < -0.4 is 11.1 Å². The molecule has 3 N–H and O–H groups in total. The molecule has 0 aliphatic rings. The predicted molar refractivity (Wildman–Crippen MR) is 57.0 cm³/mol. The molecule has 0 radical (unpaired) electrons. The lowest BCUT2D eigenvalue weighted by Gasteiger charge is -2.04. The fraction of sp³-hybridized carbons (Fsp3) is 0.900. The van der Waals surface area contributed by atoms with Crippen LogP contribution in [0.15, 0.2) is 0 Å². The van der Waals surface area contributed by atoms with Crippen molar-refractivity contribution in [2.24, 2.45) is 5.73 Å². The first-order chi connectivity index (χ1) is 6.81. The highest BCUT2D eigenvalue weighted by Gasteiger charge is 1.99. The fourth-order valence-corrected chi connectivity index (χ4v) is 1.07. The van der Waals surface area contributed by atoms with Crippen molar-refractivity contribution in [3.05, 3.63) is 0 Å². The lowest BCUT2D eigenvalue weighted by atomic mass is 10.2. The molecule has 0 spiro atoms. The SMILES string of the molecule is CCOCCC(=O)NCCCCCN. The highest BCUT2D eigenvalue weighted by molar-refractivity contribution is 5.75. The third kappa shape index (κ3) is 9.48. The molecular weight excluding hydrogens is 180 g/mol. The van der Waals surface area contributed by atoms with E-state index in [1.54, 1.807) is 0 Å². The van der Waals surface area contributed by atoms with E-state index >= 15 is 0 Å². The van der Waals surface area contributed by atoms with Gasteiger partial charge >= 0.3 is 0 Å². The maximum absolute atomic E-state index is 11.1. The molecule has 84 valence electrons. The van der Waals surface area contributed by atoms with Crippen molar-refractivity contribution in [3.63, 3.8) is 0 Å². The summed E-state index contributed by atoms with van der Waals surface area (Å²) < 4.78 is 5.07. The Balaban J connectivity index is 3.10. The van der Waals surface area contributed by atoms with Crippen LogP contribution in [0.1, 0.15) is 32.6 Å². The van der Waals surface area contributed by atoms with Gasteiger partial charge in [-0.2, -0.15) is 0 Å². The van der Waals surface area contributed by atoms with E-state index in [-0.39, 0.29) is 5.91 Å². The topological polar surface area (TPSA) is 64.3 Å². The molecule has 0 aromatic heterocycles. The second kappa shape index (κ2) is 10.5. The maximum atomic E-state index is 11.1. The Bertz CT molecular complexity index is 140. The van der Waals surface area contributed by atoms with Gasteiger partial charge in [0.15, 0.2) is 0 Å². The molecule has 4 nitrogen and oxygen atoms in total. The van der Waals surface area contributed by atoms with Crippen molar-refractivity contribution in [2.45, 2.75) is 32.6 Å². The Kier molecular flexibility index (Phi) is 10.0. The minimum atomic E-state index is 0.0752. The summed E-state index contributed by atoms with van der Waals surface area (Å²) in [6.45, 7) is 4.60. The number of unbranched alkanes of at least 4 members (excludes halogenated alkanes) is 2. The Hall–Kier alpha value is -0.610. The van der Waals surface area contributed by atoms with Crippen molar-refractivity contribution < 1.29 is 9.53 Å². The number of amides is 1. The summed E-state index contributed by atoms with van der Waals surface area (Å²) in [4.78, 5) is 11.1. The quantitative estimate of drug-likeness (QED) is 0.540. The predicted octanol–water partition coefficient (Wildman–Crippen LogP) is 0.658. The van der Waals surface area contributed by atoms with Crippen LogP contribution in [-0.2, 0) is 9.53 Å². The van der Waals surface area contributed by atoms with Gasteiger partial charge in [0.2, 0.25) is 5.91 Å². The van der Waals surface area contributed by atoms with Gasteiger partial charge in [-0.05, 0) is 26.3 Å². The van der Waals surface area contributed by atoms with Gasteiger partial charge in [-0.1, -0.05) is 6.42 Å². The summed E-state index contributed by atoms with van der Waals surface area (Å²) in [6, 6.07) is 0. The highest BCUT2D eigenvalue weighted by atomic mass is 16.5. The van der Waals surface area contributed by atoms with Crippen LogP contribution in [0.25, 0.3) is 0 Å². The van der Waals surface area contributed by atoms with Crippen LogP contribution in [0.5, 0.6) is 0 Å². The molecule has 1 amide bonds. The molecule has 0 rings (SSSR count). The van der Waals surface area contributed by atoms with Gasteiger partial charge in [0.1, 0.15) is 0 Å². The molecule has 0 saturated heterocycles. The summed E-state index contributed by atoms with van der Waals surface area (Å²) in [6.07, 6.45) is 3.60. The average Bonchev–Trinajstić information content (AvgIpc) is 2.18. The number of rotatable bonds is 9. The van der Waals surface area contributed by atoms with Crippen LogP contribution in [-0.4, -0.2) is 32.2 Å². The van der Waals surface area contributed by atoms with Crippen LogP contribution in [0.2, 0.25) is 0 Å². The van der Waals surface area contributed by atoms with E-state index in [0.717, 1.165) is 32.4 Å². The molecular formula is C10H22N2O2. The number of nitrogens with one attached hydrogen (secondary N) is 1. The number of ether oxygens (including phenoxy) is 1. The van der Waals surface area contributed by atoms with Crippen LogP contribution in [0.4, 0.5) is 0 Å². The molecule has 0 atom stereocenters. The third-order valence-electron chi connectivity index (χ3n) is 1.88. The van der Waals surface area contributed by atoms with Gasteiger partial charge in [-0.3, -0.25) is 4.79 Å². The molecule has 0 aliphatic heterocycles. The van der Waals surface area contributed by atoms with Gasteiger partial charge in [-0.25, -0.2) is 0 Å². The maximum Gasteiger partial charge on any atom is 0.222 e. The van der Waals surface area contributed by atoms with E-state index in [1.165, 1.54) is 0 Å². The van der Waals surface area contributed by atoms with Crippen molar-refractivity contribution in [3.8, 4) is 0 Å². The summed E-state index contributed by atoms with van der Waals surface area (Å²) in [5, 5.41) is 2.84. The molecule has 14 heavy (non-hydrogen) atoms. The number of nitrogens with two attached hydrogens (primary N) is 1. The Morgan fingerprint density at radius 1 is 1.36 bits per heavy atom. The number of hydrogen-bond donors (Lipinski definition) is 2. The number of carbonyl (C=O) groups is 1. The lowest BCUT2D eigenvalue weighted by molar-refractivity contribution is -0.122. The monoisotopic (exact) mass is 202 g/mol. The first-order valence-electron chi connectivity index (χ1n) is 5.35. The Morgan fingerprint density at radius 2 is 2.14 bits per heavy atom. The first kappa shape index (κ1) is 13.4. The molecule has 4 heteroatoms. The molecule has 0 bridgehead atoms. The minimum absolute atomic E-state index is 0.0752. The zero-order valence-corrected chi connectivity index (χ0v) is 9.05. The first-order valence-corrected chi connectivity index (χ1v) is 5.35. The van der Waals surface area contributed by atoms with Gasteiger partial charge in [-0.15, -0.1) is 0 Å². The molecule has 0 heterocycles. The van der Waals surface area contributed by atoms with Crippen LogP contribution in [0.3, 0.4) is 0 Å². The number of carbonyl (C=O) groups excluding carboxylic acids is 1. The molecule has 0 aromatic carbocycles. The van der Waals surface area contributed by atoms with Gasteiger partial charge in [0.05, 0.1) is 6.61 Å². The van der Waals surface area contributed by atoms with Gasteiger partial charge in [0, 0.05) is 19.6 Å². The Morgan fingerprint density at radius 3 is 2.79 bits per heavy atom. The summed E-state index contributed by atoms with van der Waals surface area (Å²) >= 11 is 0. The van der Waals surface area contributed by atoms with E-state index in [4.69, 9.17) is 10.5 Å². The van der Waals surface area contributed by atoms with Gasteiger partial charge in [0.25, 0.3) is 0 Å². The highest BCUT2D eigenvalue weighted by Crippen LogP contribution is 1.91. The zero-order chi connectivity index (χ0) is 10.6. The van der Waals surface area contributed by atoms with Crippen LogP contribution in [0, 0.1) is 0 Å². The summed E-state index contributed by atoms with van der Waals surface area (Å²) in [7, 11) is 0. The minimum Gasteiger partial charge on any atom is -0.381 e. The zero-order valence-electron chi connectivity index (χ0n) is 9.05. The average molecular weight is 202 g/mol. The largest absolute Gasteiger partial charge is 0.381 e. The fourth-order valence-electron chi connectivity index (χ4n) is 1.07. The standard InChI is InChI=1S/C10H22N2O2/c1-2-14-9-6-10(13)12-8-5-3-4-7-11/h2-9,11H2,1H3,(H,12,13). The molecule has 0 aromatic rings.